The molecule has 0 aromatic heterocycles. The second-order valence-electron chi connectivity index (χ2n) is 16.7. The molecular formula is C44H53BrN2O8. The summed E-state index contributed by atoms with van der Waals surface area (Å²) in [6.07, 6.45) is 11.0. The molecule has 0 N–H and O–H groups in total. The standard InChI is InChI=1S/C44H53BrN2O8/c1-24(2)12-11-17-43(8)18-16-29-37(54-43)28(14-13-25(3)4)39-34(38(29)52-23-45)36(49)33-32(27(21-46)22-47)30-20-31(48)44(9,19-15-26(5)41(50)51-10)55-42(6,7)35(30)40(33)53-39/h12-13,15-16,18,27,30,32-33,35,40H,11,14,17,19-20,23H2,1-10H3. The van der Waals surface area contributed by atoms with Crippen LogP contribution >= 0.6 is 15.9 Å². The second kappa shape index (κ2) is 16.1. The van der Waals surface area contributed by atoms with Gasteiger partial charge in [0.05, 0.1) is 36.3 Å². The van der Waals surface area contributed by atoms with Crippen LogP contribution in [0.15, 0.2) is 41.0 Å². The van der Waals surface area contributed by atoms with Gasteiger partial charge < -0.3 is 23.7 Å². The average Bonchev–Trinajstić information content (AvgIpc) is 3.40. The molecule has 7 atom stereocenters. The Hall–Kier alpha value is -4.19. The zero-order valence-electron chi connectivity index (χ0n) is 33.6. The van der Waals surface area contributed by atoms with Crippen LogP contribution in [0.1, 0.15) is 109 Å². The van der Waals surface area contributed by atoms with Gasteiger partial charge in [0.15, 0.2) is 11.6 Å². The summed E-state index contributed by atoms with van der Waals surface area (Å²) in [5.74, 6) is -4.03. The molecule has 1 aromatic carbocycles. The van der Waals surface area contributed by atoms with Crippen LogP contribution in [0.3, 0.4) is 0 Å². The van der Waals surface area contributed by atoms with E-state index in [2.05, 4.69) is 54.1 Å². The number of Topliss-reactive ketones (excluding diaryl/α,β-unsaturated/α-hetero) is 2. The van der Waals surface area contributed by atoms with E-state index in [9.17, 15) is 20.1 Å². The van der Waals surface area contributed by atoms with Crippen molar-refractivity contribution in [2.45, 2.75) is 117 Å². The summed E-state index contributed by atoms with van der Waals surface area (Å²) in [5.41, 5.74) is 1.18. The Kier molecular flexibility index (Phi) is 12.3. The lowest BCUT2D eigenvalue weighted by atomic mass is 9.72. The zero-order valence-corrected chi connectivity index (χ0v) is 35.2. The van der Waals surface area contributed by atoms with Crippen molar-refractivity contribution in [3.63, 3.8) is 0 Å². The highest BCUT2D eigenvalue weighted by Crippen LogP contribution is 2.61. The number of carbonyl (C=O) groups excluding carboxylic acids is 3. The maximum Gasteiger partial charge on any atom is 0.333 e. The van der Waals surface area contributed by atoms with Gasteiger partial charge in [-0.15, -0.1) is 0 Å². The summed E-state index contributed by atoms with van der Waals surface area (Å²) >= 11 is 3.41. The number of fused-ring (bicyclic) bond motifs is 5. The fourth-order valence-electron chi connectivity index (χ4n) is 9.06. The Morgan fingerprint density at radius 2 is 1.71 bits per heavy atom. The molecule has 0 bridgehead atoms. The number of allylic oxidation sites excluding steroid dienone is 4. The molecule has 3 heterocycles. The van der Waals surface area contributed by atoms with Crippen molar-refractivity contribution in [2.24, 2.45) is 29.6 Å². The van der Waals surface area contributed by atoms with E-state index in [1.165, 1.54) is 12.7 Å². The molecule has 7 unspecified atom stereocenters. The third-order valence-corrected chi connectivity index (χ3v) is 11.9. The Balaban J connectivity index is 1.72. The van der Waals surface area contributed by atoms with E-state index < -0.39 is 58.5 Å². The van der Waals surface area contributed by atoms with E-state index in [1.807, 2.05) is 46.8 Å². The van der Waals surface area contributed by atoms with Gasteiger partial charge in [-0.25, -0.2) is 4.79 Å². The number of ether oxygens (including phenoxy) is 5. The van der Waals surface area contributed by atoms with Crippen LogP contribution in [0, 0.1) is 52.3 Å². The first-order valence-corrected chi connectivity index (χ1v) is 20.0. The van der Waals surface area contributed by atoms with E-state index in [1.54, 1.807) is 19.9 Å². The summed E-state index contributed by atoms with van der Waals surface area (Å²) in [6, 6.07) is 4.30. The number of methoxy groups -OCH3 is 1. The van der Waals surface area contributed by atoms with Crippen molar-refractivity contribution in [1.29, 1.82) is 10.5 Å². The molecule has 4 aliphatic rings. The number of esters is 1. The van der Waals surface area contributed by atoms with Gasteiger partial charge in [-0.3, -0.25) is 9.59 Å². The summed E-state index contributed by atoms with van der Waals surface area (Å²) in [4.78, 5) is 41.9. The largest absolute Gasteiger partial charge is 0.488 e. The highest BCUT2D eigenvalue weighted by molar-refractivity contribution is 9.09. The number of alkyl halides is 1. The molecule has 1 saturated heterocycles. The number of hydrogen-bond donors (Lipinski definition) is 0. The van der Waals surface area contributed by atoms with Crippen molar-refractivity contribution in [1.82, 2.24) is 0 Å². The zero-order chi connectivity index (χ0) is 40.6. The SMILES string of the molecule is COC(=O)C(C)=CCC1(C)OC(C)(C)C2C(CC1=O)C(C(C#N)C#N)C1C(=O)c3c(OCBr)c4c(c(CC=C(C)C)c3OC12)OC(C)(CCC=C(C)C)C=C4. The van der Waals surface area contributed by atoms with Crippen molar-refractivity contribution in [3.05, 3.63) is 57.7 Å². The normalized spacial score (nSPS) is 28.8. The minimum Gasteiger partial charge on any atom is -0.488 e. The summed E-state index contributed by atoms with van der Waals surface area (Å²) < 4.78 is 32.0. The molecule has 10 nitrogen and oxygen atoms in total. The fraction of sp³-hybridized carbons (Fsp3) is 0.568. The third-order valence-electron chi connectivity index (χ3n) is 11.7. The van der Waals surface area contributed by atoms with Crippen molar-refractivity contribution < 1.29 is 38.1 Å². The molecule has 294 valence electrons. The van der Waals surface area contributed by atoms with Crippen LogP contribution in [-0.4, -0.2) is 53.1 Å². The monoisotopic (exact) mass is 816 g/mol. The minimum absolute atomic E-state index is 0.0536. The van der Waals surface area contributed by atoms with Gasteiger partial charge in [0.25, 0.3) is 0 Å². The van der Waals surface area contributed by atoms with Crippen LogP contribution < -0.4 is 14.2 Å². The van der Waals surface area contributed by atoms with E-state index in [0.717, 1.165) is 12.0 Å². The van der Waals surface area contributed by atoms with Gasteiger partial charge in [-0.2, -0.15) is 10.5 Å². The summed E-state index contributed by atoms with van der Waals surface area (Å²) in [5, 5.41) is 20.8. The summed E-state index contributed by atoms with van der Waals surface area (Å²) in [7, 11) is 1.29. The maximum absolute atomic E-state index is 15.3. The van der Waals surface area contributed by atoms with Crippen molar-refractivity contribution in [2.75, 3.05) is 12.6 Å². The molecule has 0 amide bonds. The van der Waals surface area contributed by atoms with E-state index in [-0.39, 0.29) is 35.5 Å². The predicted octanol–water partition coefficient (Wildman–Crippen LogP) is 8.96. The fourth-order valence-corrected chi connectivity index (χ4v) is 9.29. The third kappa shape index (κ3) is 7.93. The van der Waals surface area contributed by atoms with Crippen LogP contribution in [0.25, 0.3) is 6.08 Å². The number of ketones is 2. The van der Waals surface area contributed by atoms with Crippen LogP contribution in [0.2, 0.25) is 0 Å². The van der Waals surface area contributed by atoms with Crippen molar-refractivity contribution in [3.8, 4) is 29.4 Å². The Labute approximate surface area is 333 Å². The number of nitriles is 2. The first-order chi connectivity index (χ1) is 25.9. The topological polar surface area (TPSA) is 145 Å². The van der Waals surface area contributed by atoms with Crippen LogP contribution in [0.4, 0.5) is 0 Å². The number of carbonyl (C=O) groups is 3. The molecule has 1 aliphatic carbocycles. The van der Waals surface area contributed by atoms with Crippen LogP contribution in [0.5, 0.6) is 17.2 Å². The predicted molar refractivity (Wildman–Crippen MR) is 212 cm³/mol. The van der Waals surface area contributed by atoms with Crippen LogP contribution in [-0.2, 0) is 25.5 Å². The van der Waals surface area contributed by atoms with Gasteiger partial charge in [0, 0.05) is 35.8 Å². The number of benzene rings is 1. The van der Waals surface area contributed by atoms with Gasteiger partial charge in [0.1, 0.15) is 51.6 Å². The molecular weight excluding hydrogens is 764 g/mol. The van der Waals surface area contributed by atoms with E-state index in [4.69, 9.17) is 23.7 Å². The van der Waals surface area contributed by atoms with Gasteiger partial charge in [-0.05, 0) is 116 Å². The average molecular weight is 818 g/mol. The van der Waals surface area contributed by atoms with Crippen molar-refractivity contribution >= 4 is 39.5 Å². The first-order valence-electron chi connectivity index (χ1n) is 18.9. The highest BCUT2D eigenvalue weighted by atomic mass is 79.9. The minimum atomic E-state index is -1.35. The molecule has 1 saturated carbocycles. The number of nitrogens with zero attached hydrogens (tertiary/aromatic N) is 2. The number of hydrogen-bond acceptors (Lipinski definition) is 10. The van der Waals surface area contributed by atoms with Gasteiger partial charge in [0.2, 0.25) is 0 Å². The number of halogens is 1. The maximum atomic E-state index is 15.3. The second-order valence-corrected chi connectivity index (χ2v) is 17.1. The lowest BCUT2D eigenvalue weighted by Gasteiger charge is -2.43. The quantitative estimate of drug-likeness (QED) is 0.0919. The first kappa shape index (κ1) is 42.0. The van der Waals surface area contributed by atoms with E-state index in [0.29, 0.717) is 46.8 Å². The smallest absolute Gasteiger partial charge is 0.333 e. The molecule has 1 aromatic rings. The molecule has 3 aliphatic heterocycles. The Morgan fingerprint density at radius 1 is 1.04 bits per heavy atom. The molecule has 5 rings (SSSR count). The molecule has 55 heavy (non-hydrogen) atoms. The van der Waals surface area contributed by atoms with E-state index >= 15 is 4.79 Å². The molecule has 2 fully saturated rings. The Morgan fingerprint density at radius 3 is 2.31 bits per heavy atom. The number of rotatable bonds is 11. The van der Waals surface area contributed by atoms with Gasteiger partial charge in [-0.1, -0.05) is 29.4 Å². The molecule has 0 radical (unpaired) electrons. The summed E-state index contributed by atoms with van der Waals surface area (Å²) in [6.45, 7) is 17.2. The molecule has 0 spiro atoms. The highest BCUT2D eigenvalue weighted by Gasteiger charge is 2.66. The molecule has 11 heteroatoms. The van der Waals surface area contributed by atoms with Gasteiger partial charge >= 0.3 is 5.97 Å². The Bertz CT molecular complexity index is 1940. The lowest BCUT2D eigenvalue weighted by Crippen LogP contribution is -2.51. The lowest BCUT2D eigenvalue weighted by molar-refractivity contribution is -0.173.